The number of aromatic hydroxyl groups is 1. The SMILES string of the molecule is C[C@@H]1CCN(C(=O)CN2CCN(c3ccc(O)cc3)CC2)c2ccccc2S1. The Morgan fingerprint density at radius 2 is 1.75 bits per heavy atom. The predicted octanol–water partition coefficient (Wildman–Crippen LogP) is 3.43. The zero-order chi connectivity index (χ0) is 19.5. The number of hydrogen-bond donors (Lipinski definition) is 1. The highest BCUT2D eigenvalue weighted by Gasteiger charge is 2.26. The van der Waals surface area contributed by atoms with E-state index in [0.717, 1.165) is 50.5 Å². The van der Waals surface area contributed by atoms with Gasteiger partial charge in [0.15, 0.2) is 0 Å². The summed E-state index contributed by atoms with van der Waals surface area (Å²) >= 11 is 1.87. The monoisotopic (exact) mass is 397 g/mol. The molecule has 1 saturated heterocycles. The maximum absolute atomic E-state index is 13.1. The summed E-state index contributed by atoms with van der Waals surface area (Å²) in [6.07, 6.45) is 1.01. The van der Waals surface area contributed by atoms with E-state index >= 15 is 0 Å². The molecule has 148 valence electrons. The summed E-state index contributed by atoms with van der Waals surface area (Å²) in [5.74, 6) is 0.485. The smallest absolute Gasteiger partial charge is 0.241 e. The summed E-state index contributed by atoms with van der Waals surface area (Å²) in [4.78, 5) is 20.9. The minimum absolute atomic E-state index is 0.195. The Hall–Kier alpha value is -2.18. The molecule has 1 N–H and O–H groups in total. The Balaban J connectivity index is 1.37. The van der Waals surface area contributed by atoms with Gasteiger partial charge in [0.1, 0.15) is 5.75 Å². The number of anilines is 2. The molecule has 0 unspecified atom stereocenters. The van der Waals surface area contributed by atoms with Crippen molar-refractivity contribution in [1.29, 1.82) is 0 Å². The van der Waals surface area contributed by atoms with Crippen molar-refractivity contribution >= 4 is 29.0 Å². The maximum Gasteiger partial charge on any atom is 0.241 e. The van der Waals surface area contributed by atoms with Crippen LogP contribution >= 0.6 is 11.8 Å². The van der Waals surface area contributed by atoms with Crippen LogP contribution in [0.1, 0.15) is 13.3 Å². The molecule has 2 aromatic carbocycles. The minimum atomic E-state index is 0.195. The van der Waals surface area contributed by atoms with Gasteiger partial charge in [-0.2, -0.15) is 0 Å². The van der Waals surface area contributed by atoms with E-state index in [4.69, 9.17) is 0 Å². The van der Waals surface area contributed by atoms with Crippen molar-refractivity contribution in [3.05, 3.63) is 48.5 Å². The van der Waals surface area contributed by atoms with Gasteiger partial charge in [-0.25, -0.2) is 0 Å². The van der Waals surface area contributed by atoms with Crippen molar-refractivity contribution in [2.24, 2.45) is 0 Å². The highest BCUT2D eigenvalue weighted by atomic mass is 32.2. The van der Waals surface area contributed by atoms with Gasteiger partial charge in [-0.05, 0) is 42.8 Å². The highest BCUT2D eigenvalue weighted by molar-refractivity contribution is 8.00. The molecule has 0 bridgehead atoms. The first-order valence-electron chi connectivity index (χ1n) is 9.92. The number of nitrogens with zero attached hydrogens (tertiary/aromatic N) is 3. The normalized spacial score (nSPS) is 20.5. The molecule has 0 aromatic heterocycles. The molecule has 2 aliphatic heterocycles. The number of thioether (sulfide) groups is 1. The molecule has 2 aromatic rings. The molecule has 0 saturated carbocycles. The average Bonchev–Trinajstić information content (AvgIpc) is 2.87. The Morgan fingerprint density at radius 3 is 2.50 bits per heavy atom. The zero-order valence-electron chi connectivity index (χ0n) is 16.3. The van der Waals surface area contributed by atoms with Gasteiger partial charge in [0.2, 0.25) is 5.91 Å². The predicted molar refractivity (Wildman–Crippen MR) is 115 cm³/mol. The number of benzene rings is 2. The first-order chi connectivity index (χ1) is 13.6. The molecule has 1 atom stereocenters. The fourth-order valence-corrected chi connectivity index (χ4v) is 4.96. The third kappa shape index (κ3) is 4.28. The number of rotatable bonds is 3. The minimum Gasteiger partial charge on any atom is -0.508 e. The van der Waals surface area contributed by atoms with Crippen LogP contribution < -0.4 is 9.80 Å². The lowest BCUT2D eigenvalue weighted by Gasteiger charge is -2.36. The summed E-state index contributed by atoms with van der Waals surface area (Å²) in [5, 5.41) is 9.98. The molecule has 2 aliphatic rings. The quantitative estimate of drug-likeness (QED) is 0.860. The van der Waals surface area contributed by atoms with E-state index in [1.807, 2.05) is 34.9 Å². The lowest BCUT2D eigenvalue weighted by Crippen LogP contribution is -2.50. The van der Waals surface area contributed by atoms with Gasteiger partial charge >= 0.3 is 0 Å². The summed E-state index contributed by atoms with van der Waals surface area (Å²) in [7, 11) is 0. The number of para-hydroxylation sites is 1. The molecule has 0 spiro atoms. The number of phenols is 1. The molecule has 1 fully saturated rings. The molecule has 5 nitrogen and oxygen atoms in total. The van der Waals surface area contributed by atoms with E-state index in [1.54, 1.807) is 12.1 Å². The van der Waals surface area contributed by atoms with Gasteiger partial charge < -0.3 is 14.9 Å². The number of piperazine rings is 1. The van der Waals surface area contributed by atoms with E-state index in [9.17, 15) is 9.90 Å². The Kier molecular flexibility index (Phi) is 5.78. The molecular formula is C22H27N3O2S. The van der Waals surface area contributed by atoms with Crippen molar-refractivity contribution in [2.75, 3.05) is 49.1 Å². The lowest BCUT2D eigenvalue weighted by atomic mass is 10.2. The van der Waals surface area contributed by atoms with Crippen LogP contribution in [0.3, 0.4) is 0 Å². The van der Waals surface area contributed by atoms with Crippen molar-refractivity contribution in [3.63, 3.8) is 0 Å². The molecule has 6 heteroatoms. The van der Waals surface area contributed by atoms with Crippen LogP contribution in [0.4, 0.5) is 11.4 Å². The summed E-state index contributed by atoms with van der Waals surface area (Å²) in [6, 6.07) is 15.6. The number of phenolic OH excluding ortho intramolecular Hbond substituents is 1. The van der Waals surface area contributed by atoms with Gasteiger partial charge in [0, 0.05) is 48.6 Å². The molecule has 28 heavy (non-hydrogen) atoms. The fourth-order valence-electron chi connectivity index (χ4n) is 3.85. The second-order valence-electron chi connectivity index (χ2n) is 7.51. The first-order valence-corrected chi connectivity index (χ1v) is 10.8. The van der Waals surface area contributed by atoms with Crippen LogP contribution in [-0.4, -0.2) is 60.4 Å². The molecular weight excluding hydrogens is 370 g/mol. The van der Waals surface area contributed by atoms with E-state index in [1.165, 1.54) is 4.90 Å². The van der Waals surface area contributed by atoms with Gasteiger partial charge in [-0.15, -0.1) is 11.8 Å². The van der Waals surface area contributed by atoms with Gasteiger partial charge in [0.25, 0.3) is 0 Å². The number of carbonyl (C=O) groups excluding carboxylic acids is 1. The lowest BCUT2D eigenvalue weighted by molar-refractivity contribution is -0.119. The van der Waals surface area contributed by atoms with Gasteiger partial charge in [0.05, 0.1) is 12.2 Å². The maximum atomic E-state index is 13.1. The summed E-state index contributed by atoms with van der Waals surface area (Å²) in [5.41, 5.74) is 2.18. The van der Waals surface area contributed by atoms with Crippen LogP contribution in [0.5, 0.6) is 5.75 Å². The second kappa shape index (κ2) is 8.45. The topological polar surface area (TPSA) is 47.0 Å². The highest BCUT2D eigenvalue weighted by Crippen LogP contribution is 2.37. The van der Waals surface area contributed by atoms with Crippen molar-refractivity contribution in [3.8, 4) is 5.75 Å². The van der Waals surface area contributed by atoms with Crippen LogP contribution in [0.25, 0.3) is 0 Å². The largest absolute Gasteiger partial charge is 0.508 e. The third-order valence-electron chi connectivity index (χ3n) is 5.49. The summed E-state index contributed by atoms with van der Waals surface area (Å²) < 4.78 is 0. The average molecular weight is 398 g/mol. The third-order valence-corrected chi connectivity index (χ3v) is 6.73. The summed E-state index contributed by atoms with van der Waals surface area (Å²) in [6.45, 7) is 7.01. The zero-order valence-corrected chi connectivity index (χ0v) is 17.1. The number of amides is 1. The van der Waals surface area contributed by atoms with E-state index < -0.39 is 0 Å². The van der Waals surface area contributed by atoms with Crippen LogP contribution in [-0.2, 0) is 4.79 Å². The molecule has 0 radical (unpaired) electrons. The molecule has 0 aliphatic carbocycles. The van der Waals surface area contributed by atoms with Crippen molar-refractivity contribution in [2.45, 2.75) is 23.5 Å². The number of fused-ring (bicyclic) bond motifs is 1. The molecule has 1 amide bonds. The number of hydrogen-bond acceptors (Lipinski definition) is 5. The Labute approximate surface area is 170 Å². The van der Waals surface area contributed by atoms with E-state index in [-0.39, 0.29) is 11.7 Å². The fraction of sp³-hybridized carbons (Fsp3) is 0.409. The van der Waals surface area contributed by atoms with Crippen LogP contribution in [0, 0.1) is 0 Å². The number of carbonyl (C=O) groups is 1. The van der Waals surface area contributed by atoms with Crippen LogP contribution in [0.2, 0.25) is 0 Å². The van der Waals surface area contributed by atoms with E-state index in [2.05, 4.69) is 34.9 Å². The Bertz CT molecular complexity index is 819. The first kappa shape index (κ1) is 19.2. The van der Waals surface area contributed by atoms with E-state index in [0.29, 0.717) is 11.8 Å². The van der Waals surface area contributed by atoms with Gasteiger partial charge in [-0.1, -0.05) is 19.1 Å². The van der Waals surface area contributed by atoms with Crippen LogP contribution in [0.15, 0.2) is 53.4 Å². The second-order valence-corrected chi connectivity index (χ2v) is 8.99. The Morgan fingerprint density at radius 1 is 1.04 bits per heavy atom. The van der Waals surface area contributed by atoms with Crippen molar-refractivity contribution < 1.29 is 9.90 Å². The van der Waals surface area contributed by atoms with Gasteiger partial charge in [-0.3, -0.25) is 9.69 Å². The molecule has 4 rings (SSSR count). The molecule has 2 heterocycles. The standard InChI is InChI=1S/C22H27N3O2S/c1-17-10-11-25(20-4-2-3-5-21(20)28-17)22(27)16-23-12-14-24(15-13-23)18-6-8-19(26)9-7-18/h2-9,17,26H,10-16H2,1H3/t17-/m1/s1. The van der Waals surface area contributed by atoms with Crippen molar-refractivity contribution in [1.82, 2.24) is 4.90 Å².